The Balaban J connectivity index is 2.06. The van der Waals surface area contributed by atoms with Gasteiger partial charge in [-0.05, 0) is 18.2 Å². The minimum Gasteiger partial charge on any atom is -0.355 e. The first-order chi connectivity index (χ1) is 9.66. The zero-order valence-electron chi connectivity index (χ0n) is 10.5. The predicted octanol–water partition coefficient (Wildman–Crippen LogP) is 1.91. The second kappa shape index (κ2) is 5.44. The topological polar surface area (TPSA) is 50.2 Å². The monoisotopic (exact) mass is 310 g/mol. The molecule has 0 aliphatic carbocycles. The number of rotatable bonds is 2. The van der Waals surface area contributed by atoms with Gasteiger partial charge in [-0.3, -0.25) is 10.1 Å². The van der Waals surface area contributed by atoms with Gasteiger partial charge in [-0.25, -0.2) is 0 Å². The second-order valence-electron chi connectivity index (χ2n) is 4.46. The Hall–Kier alpha value is -1.56. The van der Waals surface area contributed by atoms with Crippen LogP contribution >= 0.6 is 23.2 Å². The number of anilines is 1. The van der Waals surface area contributed by atoms with Gasteiger partial charge in [0.2, 0.25) is 0 Å². The summed E-state index contributed by atoms with van der Waals surface area (Å²) in [6.07, 6.45) is 1.61. The van der Waals surface area contributed by atoms with Gasteiger partial charge in [0.05, 0.1) is 24.2 Å². The standard InChI is InChI=1S/C13H12Cl2N4O/c14-9-2-1-3-10(6-9)19-13(20)12(15)11(7-17-19)18-5-4-16-8-18/h1-3,6-7,16H,4-5,8H2. The van der Waals surface area contributed by atoms with Gasteiger partial charge in [0.15, 0.2) is 0 Å². The van der Waals surface area contributed by atoms with Crippen LogP contribution in [0.2, 0.25) is 10.0 Å². The SMILES string of the molecule is O=c1c(Cl)c(N2CCNC2)cnn1-c1cccc(Cl)c1. The minimum atomic E-state index is -0.349. The summed E-state index contributed by atoms with van der Waals surface area (Å²) in [4.78, 5) is 14.3. The van der Waals surface area contributed by atoms with Gasteiger partial charge in [-0.2, -0.15) is 9.78 Å². The molecule has 1 fully saturated rings. The van der Waals surface area contributed by atoms with Gasteiger partial charge >= 0.3 is 0 Å². The lowest BCUT2D eigenvalue weighted by Crippen LogP contribution is -2.28. The molecule has 0 amide bonds. The van der Waals surface area contributed by atoms with E-state index in [-0.39, 0.29) is 10.6 Å². The maximum absolute atomic E-state index is 12.3. The van der Waals surface area contributed by atoms with E-state index in [0.29, 0.717) is 23.1 Å². The normalized spacial score (nSPS) is 14.8. The van der Waals surface area contributed by atoms with Crippen LogP contribution in [0.1, 0.15) is 0 Å². The van der Waals surface area contributed by atoms with Crippen molar-refractivity contribution in [3.05, 3.63) is 50.9 Å². The lowest BCUT2D eigenvalue weighted by molar-refractivity contribution is 0.794. The molecule has 7 heteroatoms. The minimum absolute atomic E-state index is 0.170. The summed E-state index contributed by atoms with van der Waals surface area (Å²) in [6, 6.07) is 6.93. The Labute approximate surface area is 125 Å². The highest BCUT2D eigenvalue weighted by atomic mass is 35.5. The molecule has 0 spiro atoms. The molecular formula is C13H12Cl2N4O. The molecule has 2 aromatic rings. The number of halogens is 2. The van der Waals surface area contributed by atoms with Gasteiger partial charge in [-0.15, -0.1) is 0 Å². The van der Waals surface area contributed by atoms with Crippen molar-refractivity contribution in [1.82, 2.24) is 15.1 Å². The van der Waals surface area contributed by atoms with Crippen molar-refractivity contribution in [3.8, 4) is 5.69 Å². The number of hydrogen-bond acceptors (Lipinski definition) is 4. The molecule has 1 aliphatic heterocycles. The molecule has 1 aromatic carbocycles. The van der Waals surface area contributed by atoms with E-state index in [1.807, 2.05) is 4.90 Å². The fourth-order valence-corrected chi connectivity index (χ4v) is 2.58. The highest BCUT2D eigenvalue weighted by Crippen LogP contribution is 2.22. The van der Waals surface area contributed by atoms with Crippen LogP contribution in [0.4, 0.5) is 5.69 Å². The van der Waals surface area contributed by atoms with Gasteiger partial charge < -0.3 is 4.90 Å². The third-order valence-corrected chi connectivity index (χ3v) is 3.75. The van der Waals surface area contributed by atoms with Crippen molar-refractivity contribution in [3.63, 3.8) is 0 Å². The molecule has 1 N–H and O–H groups in total. The molecule has 0 atom stereocenters. The Morgan fingerprint density at radius 3 is 2.85 bits per heavy atom. The predicted molar refractivity (Wildman–Crippen MR) is 80.1 cm³/mol. The van der Waals surface area contributed by atoms with E-state index in [1.54, 1.807) is 30.5 Å². The summed E-state index contributed by atoms with van der Waals surface area (Å²) in [5.74, 6) is 0. The highest BCUT2D eigenvalue weighted by molar-refractivity contribution is 6.33. The molecule has 1 aliphatic rings. The molecular weight excluding hydrogens is 299 g/mol. The molecule has 1 aromatic heterocycles. The third kappa shape index (κ3) is 2.40. The highest BCUT2D eigenvalue weighted by Gasteiger charge is 2.18. The Kier molecular flexibility index (Phi) is 3.65. The van der Waals surface area contributed by atoms with Crippen molar-refractivity contribution < 1.29 is 0 Å². The van der Waals surface area contributed by atoms with E-state index in [1.165, 1.54) is 4.68 Å². The average molecular weight is 311 g/mol. The van der Waals surface area contributed by atoms with Crippen molar-refractivity contribution >= 4 is 28.9 Å². The van der Waals surface area contributed by atoms with Gasteiger partial charge in [0.25, 0.3) is 5.56 Å². The van der Waals surface area contributed by atoms with Crippen LogP contribution in [-0.2, 0) is 0 Å². The fourth-order valence-electron chi connectivity index (χ4n) is 2.15. The summed E-state index contributed by atoms with van der Waals surface area (Å²) in [6.45, 7) is 2.34. The first kappa shape index (κ1) is 13.4. The molecule has 5 nitrogen and oxygen atoms in total. The number of hydrogen-bond donors (Lipinski definition) is 1. The van der Waals surface area contributed by atoms with Crippen LogP contribution in [0.5, 0.6) is 0 Å². The zero-order chi connectivity index (χ0) is 14.1. The maximum Gasteiger partial charge on any atom is 0.292 e. The lowest BCUT2D eigenvalue weighted by Gasteiger charge is -2.18. The summed E-state index contributed by atoms with van der Waals surface area (Å²) < 4.78 is 1.25. The van der Waals surface area contributed by atoms with Crippen LogP contribution < -0.4 is 15.8 Å². The van der Waals surface area contributed by atoms with Gasteiger partial charge in [-0.1, -0.05) is 29.3 Å². The van der Waals surface area contributed by atoms with Crippen LogP contribution in [-0.4, -0.2) is 29.5 Å². The molecule has 0 bridgehead atoms. The van der Waals surface area contributed by atoms with Gasteiger partial charge in [0, 0.05) is 18.1 Å². The van der Waals surface area contributed by atoms with Crippen molar-refractivity contribution in [1.29, 1.82) is 0 Å². The van der Waals surface area contributed by atoms with E-state index >= 15 is 0 Å². The molecule has 20 heavy (non-hydrogen) atoms. The number of benzene rings is 1. The van der Waals surface area contributed by atoms with Gasteiger partial charge in [0.1, 0.15) is 5.02 Å². The lowest BCUT2D eigenvalue weighted by atomic mass is 10.3. The maximum atomic E-state index is 12.3. The van der Waals surface area contributed by atoms with E-state index in [4.69, 9.17) is 23.2 Å². The quantitative estimate of drug-likeness (QED) is 0.920. The van der Waals surface area contributed by atoms with E-state index < -0.39 is 0 Å². The number of aromatic nitrogens is 2. The molecule has 1 saturated heterocycles. The molecule has 0 unspecified atom stereocenters. The van der Waals surface area contributed by atoms with Crippen LogP contribution in [0, 0.1) is 0 Å². The Bertz CT molecular complexity index is 695. The van der Waals surface area contributed by atoms with Crippen molar-refractivity contribution in [2.75, 3.05) is 24.7 Å². The summed E-state index contributed by atoms with van der Waals surface area (Å²) >= 11 is 12.1. The molecule has 104 valence electrons. The largest absolute Gasteiger partial charge is 0.355 e. The summed E-state index contributed by atoms with van der Waals surface area (Å²) in [5.41, 5.74) is 0.897. The van der Waals surface area contributed by atoms with Crippen LogP contribution in [0.3, 0.4) is 0 Å². The summed E-state index contributed by atoms with van der Waals surface area (Å²) in [5, 5.41) is 8.08. The smallest absolute Gasteiger partial charge is 0.292 e. The molecule has 0 radical (unpaired) electrons. The molecule has 2 heterocycles. The summed E-state index contributed by atoms with van der Waals surface area (Å²) in [7, 11) is 0. The zero-order valence-corrected chi connectivity index (χ0v) is 12.0. The second-order valence-corrected chi connectivity index (χ2v) is 5.28. The molecule has 0 saturated carbocycles. The number of nitrogens with one attached hydrogen (secondary N) is 1. The third-order valence-electron chi connectivity index (χ3n) is 3.16. The van der Waals surface area contributed by atoms with E-state index in [2.05, 4.69) is 10.4 Å². The first-order valence-corrected chi connectivity index (χ1v) is 6.92. The van der Waals surface area contributed by atoms with Crippen LogP contribution in [0.15, 0.2) is 35.3 Å². The van der Waals surface area contributed by atoms with E-state index in [9.17, 15) is 4.79 Å². The average Bonchev–Trinajstić information content (AvgIpc) is 2.95. The van der Waals surface area contributed by atoms with Crippen molar-refractivity contribution in [2.45, 2.75) is 0 Å². The molecule has 3 rings (SSSR count). The fraction of sp³-hybridized carbons (Fsp3) is 0.231. The Morgan fingerprint density at radius 1 is 1.30 bits per heavy atom. The van der Waals surface area contributed by atoms with Crippen molar-refractivity contribution in [2.24, 2.45) is 0 Å². The first-order valence-electron chi connectivity index (χ1n) is 6.16. The number of nitrogens with zero attached hydrogens (tertiary/aromatic N) is 3. The van der Waals surface area contributed by atoms with E-state index in [0.717, 1.165) is 13.1 Å². The Morgan fingerprint density at radius 2 is 2.15 bits per heavy atom. The van der Waals surface area contributed by atoms with Crippen LogP contribution in [0.25, 0.3) is 5.69 Å².